The molecule has 0 unspecified atom stereocenters. The molecule has 0 atom stereocenters. The number of pyridine rings is 1. The standard InChI is InChI=1S/C17H14N4/c1-2-21-16-9-4-3-8-15(16)20-17(21)13(12-18)11-14-7-5-6-10-19-14/h3-11H,2H2,1H3/b13-11-. The summed E-state index contributed by atoms with van der Waals surface area (Å²) in [6.45, 7) is 2.81. The van der Waals surface area contributed by atoms with Crippen LogP contribution in [0.4, 0.5) is 0 Å². The summed E-state index contributed by atoms with van der Waals surface area (Å²) in [4.78, 5) is 8.83. The van der Waals surface area contributed by atoms with E-state index < -0.39 is 0 Å². The summed E-state index contributed by atoms with van der Waals surface area (Å²) in [6, 6.07) is 15.8. The van der Waals surface area contributed by atoms with Crippen LogP contribution in [0.3, 0.4) is 0 Å². The first-order chi connectivity index (χ1) is 10.3. The Kier molecular flexibility index (Phi) is 3.48. The van der Waals surface area contributed by atoms with E-state index in [9.17, 15) is 5.26 Å². The van der Waals surface area contributed by atoms with Gasteiger partial charge >= 0.3 is 0 Å². The first-order valence-electron chi connectivity index (χ1n) is 6.82. The number of imidazole rings is 1. The predicted molar refractivity (Wildman–Crippen MR) is 83.1 cm³/mol. The van der Waals surface area contributed by atoms with Gasteiger partial charge in [0.25, 0.3) is 0 Å². The lowest BCUT2D eigenvalue weighted by molar-refractivity contribution is 0.775. The molecule has 0 spiro atoms. The molecule has 0 aliphatic carbocycles. The van der Waals surface area contributed by atoms with Gasteiger partial charge < -0.3 is 4.57 Å². The van der Waals surface area contributed by atoms with Gasteiger partial charge in [0, 0.05) is 12.7 Å². The van der Waals surface area contributed by atoms with E-state index in [1.807, 2.05) is 54.0 Å². The van der Waals surface area contributed by atoms with Crippen molar-refractivity contribution in [2.45, 2.75) is 13.5 Å². The average Bonchev–Trinajstić information content (AvgIpc) is 2.92. The summed E-state index contributed by atoms with van der Waals surface area (Å²) >= 11 is 0. The molecule has 0 fully saturated rings. The molecule has 4 heteroatoms. The summed E-state index contributed by atoms with van der Waals surface area (Å²) in [6.07, 6.45) is 3.48. The van der Waals surface area contributed by atoms with Crippen LogP contribution in [0.1, 0.15) is 18.4 Å². The molecule has 21 heavy (non-hydrogen) atoms. The fraction of sp³-hybridized carbons (Fsp3) is 0.118. The highest BCUT2D eigenvalue weighted by atomic mass is 15.1. The number of fused-ring (bicyclic) bond motifs is 1. The summed E-state index contributed by atoms with van der Waals surface area (Å²) in [5.74, 6) is 0.687. The van der Waals surface area contributed by atoms with Gasteiger partial charge in [-0.25, -0.2) is 4.98 Å². The van der Waals surface area contributed by atoms with Crippen LogP contribution in [0.25, 0.3) is 22.7 Å². The maximum absolute atomic E-state index is 9.49. The van der Waals surface area contributed by atoms with Crippen LogP contribution < -0.4 is 0 Å². The Morgan fingerprint density at radius 2 is 2.05 bits per heavy atom. The van der Waals surface area contributed by atoms with E-state index in [0.29, 0.717) is 11.4 Å². The van der Waals surface area contributed by atoms with E-state index in [-0.39, 0.29) is 0 Å². The third-order valence-corrected chi connectivity index (χ3v) is 3.31. The molecule has 102 valence electrons. The molecular weight excluding hydrogens is 260 g/mol. The zero-order valence-electron chi connectivity index (χ0n) is 11.7. The number of hydrogen-bond acceptors (Lipinski definition) is 3. The number of benzene rings is 1. The van der Waals surface area contributed by atoms with Gasteiger partial charge in [0.2, 0.25) is 0 Å². The second-order valence-electron chi connectivity index (χ2n) is 4.59. The fourth-order valence-corrected chi connectivity index (χ4v) is 2.36. The molecule has 1 aromatic carbocycles. The summed E-state index contributed by atoms with van der Waals surface area (Å²) in [5.41, 5.74) is 3.21. The van der Waals surface area contributed by atoms with Crippen LogP contribution in [0, 0.1) is 11.3 Å². The van der Waals surface area contributed by atoms with E-state index >= 15 is 0 Å². The first-order valence-corrected chi connectivity index (χ1v) is 6.82. The van der Waals surface area contributed by atoms with Gasteiger partial charge in [0.15, 0.2) is 5.82 Å². The van der Waals surface area contributed by atoms with E-state index in [1.165, 1.54) is 0 Å². The minimum absolute atomic E-state index is 0.520. The zero-order valence-corrected chi connectivity index (χ0v) is 11.7. The van der Waals surface area contributed by atoms with E-state index in [4.69, 9.17) is 0 Å². The van der Waals surface area contributed by atoms with Gasteiger partial charge in [-0.15, -0.1) is 0 Å². The van der Waals surface area contributed by atoms with Crippen molar-refractivity contribution < 1.29 is 0 Å². The Bertz CT molecular complexity index is 838. The SMILES string of the molecule is CCn1c(/C(C#N)=C\c2ccccn2)nc2ccccc21. The van der Waals surface area contributed by atoms with Crippen molar-refractivity contribution in [1.29, 1.82) is 5.26 Å². The van der Waals surface area contributed by atoms with Crippen LogP contribution in [0.2, 0.25) is 0 Å². The van der Waals surface area contributed by atoms with Crippen molar-refractivity contribution in [2.75, 3.05) is 0 Å². The molecular formula is C17H14N4. The summed E-state index contributed by atoms with van der Waals surface area (Å²) in [5, 5.41) is 9.49. The Balaban J connectivity index is 2.18. The van der Waals surface area contributed by atoms with Gasteiger partial charge in [-0.2, -0.15) is 5.26 Å². The van der Waals surface area contributed by atoms with Crippen LogP contribution >= 0.6 is 0 Å². The minimum Gasteiger partial charge on any atom is -0.324 e. The van der Waals surface area contributed by atoms with E-state index in [1.54, 1.807) is 12.3 Å². The van der Waals surface area contributed by atoms with Crippen LogP contribution in [-0.2, 0) is 6.54 Å². The molecule has 2 heterocycles. The second kappa shape index (κ2) is 5.59. The quantitative estimate of drug-likeness (QED) is 0.687. The normalized spacial score (nSPS) is 11.5. The molecule has 3 rings (SSSR count). The molecule has 3 aromatic rings. The Morgan fingerprint density at radius 1 is 1.24 bits per heavy atom. The zero-order chi connectivity index (χ0) is 14.7. The van der Waals surface area contributed by atoms with E-state index in [0.717, 1.165) is 23.3 Å². The van der Waals surface area contributed by atoms with E-state index in [2.05, 4.69) is 16.0 Å². The van der Waals surface area contributed by atoms with Gasteiger partial charge in [-0.05, 0) is 37.3 Å². The lowest BCUT2D eigenvalue weighted by Crippen LogP contribution is -2.00. The van der Waals surface area contributed by atoms with Gasteiger partial charge in [0.05, 0.1) is 22.3 Å². The minimum atomic E-state index is 0.520. The molecule has 0 saturated carbocycles. The number of aryl methyl sites for hydroxylation is 1. The molecule has 0 bridgehead atoms. The summed E-state index contributed by atoms with van der Waals surface area (Å²) in [7, 11) is 0. The van der Waals surface area contributed by atoms with Crippen molar-refractivity contribution in [1.82, 2.24) is 14.5 Å². The number of allylic oxidation sites excluding steroid dienone is 1. The number of nitrogens with zero attached hydrogens (tertiary/aromatic N) is 4. The number of para-hydroxylation sites is 2. The molecule has 4 nitrogen and oxygen atoms in total. The molecule has 0 N–H and O–H groups in total. The maximum atomic E-state index is 9.49. The highest BCUT2D eigenvalue weighted by Gasteiger charge is 2.13. The first kappa shape index (κ1) is 13.1. The largest absolute Gasteiger partial charge is 0.324 e. The average molecular weight is 274 g/mol. The van der Waals surface area contributed by atoms with Crippen molar-refractivity contribution >= 4 is 22.7 Å². The van der Waals surface area contributed by atoms with Gasteiger partial charge in [0.1, 0.15) is 6.07 Å². The number of hydrogen-bond donors (Lipinski definition) is 0. The monoisotopic (exact) mass is 274 g/mol. The third kappa shape index (κ3) is 2.41. The summed E-state index contributed by atoms with van der Waals surface area (Å²) < 4.78 is 2.05. The molecule has 0 aliphatic rings. The topological polar surface area (TPSA) is 54.5 Å². The van der Waals surface area contributed by atoms with Crippen molar-refractivity contribution in [3.05, 3.63) is 60.2 Å². The lowest BCUT2D eigenvalue weighted by atomic mass is 10.2. The number of nitriles is 1. The maximum Gasteiger partial charge on any atom is 0.151 e. The van der Waals surface area contributed by atoms with Crippen molar-refractivity contribution in [3.8, 4) is 6.07 Å². The van der Waals surface area contributed by atoms with Crippen molar-refractivity contribution in [2.24, 2.45) is 0 Å². The molecule has 0 radical (unpaired) electrons. The number of aromatic nitrogens is 3. The van der Waals surface area contributed by atoms with Crippen molar-refractivity contribution in [3.63, 3.8) is 0 Å². The smallest absolute Gasteiger partial charge is 0.151 e. The number of rotatable bonds is 3. The second-order valence-corrected chi connectivity index (χ2v) is 4.59. The van der Waals surface area contributed by atoms with Gasteiger partial charge in [-0.1, -0.05) is 18.2 Å². The molecule has 0 saturated heterocycles. The van der Waals surface area contributed by atoms with Crippen LogP contribution in [0.5, 0.6) is 0 Å². The Morgan fingerprint density at radius 3 is 2.76 bits per heavy atom. The Hall–Kier alpha value is -2.93. The highest BCUT2D eigenvalue weighted by molar-refractivity contribution is 5.90. The third-order valence-electron chi connectivity index (χ3n) is 3.31. The molecule has 0 amide bonds. The fourth-order valence-electron chi connectivity index (χ4n) is 2.36. The Labute approximate surface area is 123 Å². The molecule has 0 aliphatic heterocycles. The van der Waals surface area contributed by atoms with Crippen LogP contribution in [-0.4, -0.2) is 14.5 Å². The predicted octanol–water partition coefficient (Wildman–Crippen LogP) is 3.52. The molecule has 2 aromatic heterocycles. The lowest BCUT2D eigenvalue weighted by Gasteiger charge is -2.04. The van der Waals surface area contributed by atoms with Gasteiger partial charge in [-0.3, -0.25) is 4.98 Å². The highest BCUT2D eigenvalue weighted by Crippen LogP contribution is 2.22. The van der Waals surface area contributed by atoms with Crippen LogP contribution in [0.15, 0.2) is 48.7 Å².